The van der Waals surface area contributed by atoms with Gasteiger partial charge in [0.1, 0.15) is 6.07 Å². The summed E-state index contributed by atoms with van der Waals surface area (Å²) in [5.41, 5.74) is 1.31. The van der Waals surface area contributed by atoms with E-state index < -0.39 is 6.09 Å². The highest BCUT2D eigenvalue weighted by molar-refractivity contribution is 6.11. The van der Waals surface area contributed by atoms with Crippen LogP contribution < -0.4 is 10.1 Å². The number of hydrogen-bond donors (Lipinski definition) is 1. The third-order valence-electron chi connectivity index (χ3n) is 3.04. The van der Waals surface area contributed by atoms with Gasteiger partial charge in [-0.1, -0.05) is 41.6 Å². The first kappa shape index (κ1) is 18.5. The van der Waals surface area contributed by atoms with Crippen molar-refractivity contribution in [1.29, 1.82) is 5.26 Å². The van der Waals surface area contributed by atoms with Gasteiger partial charge in [0.15, 0.2) is 12.3 Å². The average Bonchev–Trinajstić information content (AvgIpc) is 2.66. The Morgan fingerprint density at radius 3 is 2.77 bits per heavy atom. The highest BCUT2D eigenvalue weighted by Gasteiger charge is 2.06. The van der Waals surface area contributed by atoms with E-state index >= 15 is 0 Å². The summed E-state index contributed by atoms with van der Waals surface area (Å²) in [6, 6.07) is 15.9. The first-order valence-electron chi connectivity index (χ1n) is 7.73. The number of benzene rings is 1. The van der Waals surface area contributed by atoms with Gasteiger partial charge in [0.25, 0.3) is 0 Å². The van der Waals surface area contributed by atoms with E-state index in [1.54, 1.807) is 36.4 Å². The van der Waals surface area contributed by atoms with Gasteiger partial charge in [0.05, 0.1) is 5.69 Å². The van der Waals surface area contributed by atoms with Gasteiger partial charge in [0, 0.05) is 24.6 Å². The maximum atomic E-state index is 11.6. The fraction of sp³-hybridized carbons (Fsp3) is 0.158. The molecule has 130 valence electrons. The van der Waals surface area contributed by atoms with Crippen molar-refractivity contribution in [3.05, 3.63) is 59.8 Å². The van der Waals surface area contributed by atoms with Crippen LogP contribution in [-0.4, -0.2) is 23.3 Å². The van der Waals surface area contributed by atoms with E-state index in [9.17, 15) is 4.79 Å². The molecule has 7 heteroatoms. The van der Waals surface area contributed by atoms with E-state index in [0.29, 0.717) is 24.2 Å². The summed E-state index contributed by atoms with van der Waals surface area (Å²) in [7, 11) is 0. The molecule has 0 unspecified atom stereocenters. The molecule has 0 aliphatic heterocycles. The van der Waals surface area contributed by atoms with Crippen LogP contribution in [0.15, 0.2) is 53.7 Å². The van der Waals surface area contributed by atoms with E-state index in [1.807, 2.05) is 12.1 Å². The first-order valence-corrected chi connectivity index (χ1v) is 7.73. The molecule has 1 heterocycles. The van der Waals surface area contributed by atoms with Gasteiger partial charge in [0.2, 0.25) is 5.88 Å². The zero-order valence-electron chi connectivity index (χ0n) is 13.9. The highest BCUT2D eigenvalue weighted by atomic mass is 16.6. The Balaban J connectivity index is 1.92. The lowest BCUT2D eigenvalue weighted by molar-refractivity contribution is 0.127. The lowest BCUT2D eigenvalue weighted by Crippen LogP contribution is -2.27. The van der Waals surface area contributed by atoms with E-state index in [2.05, 4.69) is 21.4 Å². The molecule has 1 aromatic heterocycles. The van der Waals surface area contributed by atoms with Crippen molar-refractivity contribution >= 4 is 11.8 Å². The molecule has 7 nitrogen and oxygen atoms in total. The second-order valence-corrected chi connectivity index (χ2v) is 4.93. The topological polar surface area (TPSA) is 96.6 Å². The standard InChI is InChI=1S/C19H16N4O3/c1-2-3-12-21-19(24)26-18-11-7-10-16(22-18)14-25-23-17(13-20)15-8-5-4-6-9-15/h1,4-11H,3,12,14H2,(H,21,24). The van der Waals surface area contributed by atoms with Crippen molar-refractivity contribution in [2.75, 3.05) is 6.54 Å². The summed E-state index contributed by atoms with van der Waals surface area (Å²) in [5.74, 6) is 2.53. The van der Waals surface area contributed by atoms with Crippen LogP contribution in [0.25, 0.3) is 0 Å². The predicted molar refractivity (Wildman–Crippen MR) is 95.1 cm³/mol. The Morgan fingerprint density at radius 2 is 2.04 bits per heavy atom. The molecule has 0 aliphatic rings. The van der Waals surface area contributed by atoms with Crippen LogP contribution >= 0.6 is 0 Å². The number of nitrogens with zero attached hydrogens (tertiary/aromatic N) is 3. The molecule has 0 saturated carbocycles. The number of aromatic nitrogens is 1. The lowest BCUT2D eigenvalue weighted by atomic mass is 10.1. The van der Waals surface area contributed by atoms with E-state index in [1.165, 1.54) is 6.07 Å². The molecule has 0 spiro atoms. The quantitative estimate of drug-likeness (QED) is 0.359. The largest absolute Gasteiger partial charge is 0.413 e. The summed E-state index contributed by atoms with van der Waals surface area (Å²) in [6.45, 7) is 0.344. The fourth-order valence-electron chi connectivity index (χ4n) is 1.86. The van der Waals surface area contributed by atoms with Crippen LogP contribution in [0, 0.1) is 23.7 Å². The lowest BCUT2D eigenvalue weighted by Gasteiger charge is -2.06. The zero-order valence-corrected chi connectivity index (χ0v) is 13.9. The molecule has 1 N–H and O–H groups in total. The van der Waals surface area contributed by atoms with Gasteiger partial charge >= 0.3 is 6.09 Å². The van der Waals surface area contributed by atoms with Gasteiger partial charge < -0.3 is 14.9 Å². The third kappa shape index (κ3) is 5.99. The molecule has 0 fully saturated rings. The van der Waals surface area contributed by atoms with Crippen LogP contribution in [0.4, 0.5) is 4.79 Å². The monoisotopic (exact) mass is 348 g/mol. The molecule has 2 rings (SSSR count). The van der Waals surface area contributed by atoms with Crippen molar-refractivity contribution < 1.29 is 14.4 Å². The summed E-state index contributed by atoms with van der Waals surface area (Å²) < 4.78 is 5.05. The van der Waals surface area contributed by atoms with Crippen molar-refractivity contribution in [2.24, 2.45) is 5.16 Å². The van der Waals surface area contributed by atoms with Crippen molar-refractivity contribution in [3.63, 3.8) is 0 Å². The second-order valence-electron chi connectivity index (χ2n) is 4.93. The Morgan fingerprint density at radius 1 is 1.23 bits per heavy atom. The normalized spacial score (nSPS) is 10.3. The van der Waals surface area contributed by atoms with E-state index in [4.69, 9.17) is 21.3 Å². The summed E-state index contributed by atoms with van der Waals surface area (Å²) in [5, 5.41) is 15.5. The average molecular weight is 348 g/mol. The molecular weight excluding hydrogens is 332 g/mol. The smallest absolute Gasteiger partial charge is 0.391 e. The molecule has 2 aromatic rings. The number of carbonyl (C=O) groups is 1. The first-order chi connectivity index (χ1) is 12.7. The van der Waals surface area contributed by atoms with E-state index in [-0.39, 0.29) is 18.2 Å². The van der Waals surface area contributed by atoms with Gasteiger partial charge in [-0.25, -0.2) is 9.78 Å². The van der Waals surface area contributed by atoms with E-state index in [0.717, 1.165) is 0 Å². The number of terminal acetylenes is 1. The number of rotatable bonds is 7. The SMILES string of the molecule is C#CCCNC(=O)Oc1cccc(CON=C(C#N)c2ccccc2)n1. The van der Waals surface area contributed by atoms with Crippen LogP contribution in [-0.2, 0) is 11.4 Å². The Kier molecular flexibility index (Phi) is 7.20. The van der Waals surface area contributed by atoms with Gasteiger partial charge in [-0.15, -0.1) is 12.3 Å². The van der Waals surface area contributed by atoms with Crippen LogP contribution in [0.1, 0.15) is 17.7 Å². The van der Waals surface area contributed by atoms with Crippen molar-refractivity contribution in [1.82, 2.24) is 10.3 Å². The molecule has 0 atom stereocenters. The van der Waals surface area contributed by atoms with Crippen molar-refractivity contribution in [3.8, 4) is 24.3 Å². The fourth-order valence-corrected chi connectivity index (χ4v) is 1.86. The van der Waals surface area contributed by atoms with Crippen molar-refractivity contribution in [2.45, 2.75) is 13.0 Å². The van der Waals surface area contributed by atoms with Crippen LogP contribution in [0.2, 0.25) is 0 Å². The molecule has 0 radical (unpaired) electrons. The Labute approximate surface area is 151 Å². The number of hydrogen-bond acceptors (Lipinski definition) is 6. The Bertz CT molecular complexity index is 851. The summed E-state index contributed by atoms with van der Waals surface area (Å²) >= 11 is 0. The van der Waals surface area contributed by atoms with Crippen LogP contribution in [0.3, 0.4) is 0 Å². The number of ether oxygens (including phenoxy) is 1. The maximum Gasteiger partial charge on any atom is 0.413 e. The molecule has 26 heavy (non-hydrogen) atoms. The molecule has 1 aromatic carbocycles. The minimum Gasteiger partial charge on any atom is -0.391 e. The molecule has 1 amide bonds. The molecule has 0 saturated heterocycles. The van der Waals surface area contributed by atoms with Gasteiger partial charge in [-0.3, -0.25) is 0 Å². The third-order valence-corrected chi connectivity index (χ3v) is 3.04. The number of nitriles is 1. The molecule has 0 bridgehead atoms. The number of pyridine rings is 1. The number of oxime groups is 1. The molecular formula is C19H16N4O3. The molecule has 0 aliphatic carbocycles. The summed E-state index contributed by atoms with van der Waals surface area (Å²) in [4.78, 5) is 20.9. The van der Waals surface area contributed by atoms with Crippen LogP contribution in [0.5, 0.6) is 5.88 Å². The number of nitrogens with one attached hydrogen (secondary N) is 1. The highest BCUT2D eigenvalue weighted by Crippen LogP contribution is 2.09. The minimum atomic E-state index is -0.639. The number of carbonyl (C=O) groups excluding carboxylic acids is 1. The second kappa shape index (κ2) is 10.1. The predicted octanol–water partition coefficient (Wildman–Crippen LogP) is 2.64. The maximum absolute atomic E-state index is 11.6. The summed E-state index contributed by atoms with van der Waals surface area (Å²) in [6.07, 6.45) is 4.88. The number of amides is 1. The Hall–Kier alpha value is -3.84. The van der Waals surface area contributed by atoms with Gasteiger partial charge in [-0.2, -0.15) is 5.26 Å². The zero-order chi connectivity index (χ0) is 18.6. The van der Waals surface area contributed by atoms with Gasteiger partial charge in [-0.05, 0) is 6.07 Å². The minimum absolute atomic E-state index is 0.0218.